The van der Waals surface area contributed by atoms with E-state index in [1.165, 1.54) is 0 Å². The second-order valence-corrected chi connectivity index (χ2v) is 5.17. The van der Waals surface area contributed by atoms with E-state index in [1.807, 2.05) is 11.0 Å². The molecule has 0 bridgehead atoms. The van der Waals surface area contributed by atoms with E-state index in [1.54, 1.807) is 12.1 Å². The Morgan fingerprint density at radius 3 is 2.74 bits per heavy atom. The molecule has 3 rings (SSSR count). The Labute approximate surface area is 111 Å². The molecule has 2 N–H and O–H groups in total. The van der Waals surface area contributed by atoms with Crippen molar-refractivity contribution >= 4 is 11.9 Å². The number of carboxylic acid groups (broad SMARTS) is 1. The summed E-state index contributed by atoms with van der Waals surface area (Å²) < 4.78 is 0. The van der Waals surface area contributed by atoms with E-state index in [-0.39, 0.29) is 17.4 Å². The van der Waals surface area contributed by atoms with Crippen LogP contribution in [0.25, 0.3) is 0 Å². The van der Waals surface area contributed by atoms with Crippen LogP contribution in [0.15, 0.2) is 18.2 Å². The van der Waals surface area contributed by atoms with Crippen LogP contribution >= 0.6 is 0 Å². The lowest BCUT2D eigenvalue weighted by atomic mass is 10.1. The van der Waals surface area contributed by atoms with E-state index in [2.05, 4.69) is 5.32 Å². The maximum atomic E-state index is 12.3. The largest absolute Gasteiger partial charge is 0.478 e. The SMILES string of the molecule is O=C(O)c1ccc2c(c1)CN(C(=O)C1CCNC1)C2. The summed E-state index contributed by atoms with van der Waals surface area (Å²) in [6.07, 6.45) is 0.895. The lowest BCUT2D eigenvalue weighted by Crippen LogP contribution is -2.33. The lowest BCUT2D eigenvalue weighted by molar-refractivity contribution is -0.135. The van der Waals surface area contributed by atoms with Crippen LogP contribution in [0, 0.1) is 5.92 Å². The average molecular weight is 260 g/mol. The summed E-state index contributed by atoms with van der Waals surface area (Å²) in [6, 6.07) is 5.10. The molecular formula is C14H16N2O3. The molecule has 1 aromatic carbocycles. The van der Waals surface area contributed by atoms with Crippen molar-refractivity contribution < 1.29 is 14.7 Å². The number of benzene rings is 1. The van der Waals surface area contributed by atoms with E-state index >= 15 is 0 Å². The van der Waals surface area contributed by atoms with Gasteiger partial charge in [0.2, 0.25) is 5.91 Å². The first-order chi connectivity index (χ1) is 9.15. The Morgan fingerprint density at radius 2 is 2.05 bits per heavy atom. The van der Waals surface area contributed by atoms with Crippen LogP contribution in [0.2, 0.25) is 0 Å². The Morgan fingerprint density at radius 1 is 1.26 bits per heavy atom. The summed E-state index contributed by atoms with van der Waals surface area (Å²) >= 11 is 0. The molecule has 1 fully saturated rings. The van der Waals surface area contributed by atoms with Crippen molar-refractivity contribution in [3.8, 4) is 0 Å². The Bertz CT molecular complexity index is 535. The van der Waals surface area contributed by atoms with Crippen molar-refractivity contribution in [2.75, 3.05) is 13.1 Å². The molecular weight excluding hydrogens is 244 g/mol. The molecule has 5 nitrogen and oxygen atoms in total. The molecule has 100 valence electrons. The maximum Gasteiger partial charge on any atom is 0.335 e. The average Bonchev–Trinajstić information content (AvgIpc) is 3.06. The quantitative estimate of drug-likeness (QED) is 0.826. The summed E-state index contributed by atoms with van der Waals surface area (Å²) in [5.41, 5.74) is 2.30. The molecule has 0 radical (unpaired) electrons. The second-order valence-electron chi connectivity index (χ2n) is 5.17. The van der Waals surface area contributed by atoms with E-state index in [0.717, 1.165) is 30.6 Å². The van der Waals surface area contributed by atoms with Gasteiger partial charge in [0.25, 0.3) is 0 Å². The predicted octanol–water partition coefficient (Wildman–Crippen LogP) is 0.837. The number of nitrogens with one attached hydrogen (secondary N) is 1. The molecule has 1 unspecified atom stereocenters. The zero-order chi connectivity index (χ0) is 13.4. The predicted molar refractivity (Wildman–Crippen MR) is 68.6 cm³/mol. The highest BCUT2D eigenvalue weighted by molar-refractivity contribution is 5.88. The maximum absolute atomic E-state index is 12.3. The van der Waals surface area contributed by atoms with E-state index in [4.69, 9.17) is 5.11 Å². The molecule has 19 heavy (non-hydrogen) atoms. The van der Waals surface area contributed by atoms with Crippen LogP contribution in [0.3, 0.4) is 0 Å². The third-order valence-corrected chi connectivity index (χ3v) is 3.90. The number of amides is 1. The van der Waals surface area contributed by atoms with Crippen molar-refractivity contribution in [2.24, 2.45) is 5.92 Å². The smallest absolute Gasteiger partial charge is 0.335 e. The van der Waals surface area contributed by atoms with Gasteiger partial charge in [0.15, 0.2) is 0 Å². The van der Waals surface area contributed by atoms with Gasteiger partial charge in [-0.1, -0.05) is 6.07 Å². The molecule has 0 aromatic heterocycles. The first-order valence-corrected chi connectivity index (χ1v) is 6.50. The van der Waals surface area contributed by atoms with Gasteiger partial charge in [0.1, 0.15) is 0 Å². The van der Waals surface area contributed by atoms with Gasteiger partial charge in [0, 0.05) is 19.6 Å². The highest BCUT2D eigenvalue weighted by Gasteiger charge is 2.30. The number of nitrogens with zero attached hydrogens (tertiary/aromatic N) is 1. The lowest BCUT2D eigenvalue weighted by Gasteiger charge is -2.19. The fraction of sp³-hybridized carbons (Fsp3) is 0.429. The van der Waals surface area contributed by atoms with Crippen LogP contribution in [-0.2, 0) is 17.9 Å². The van der Waals surface area contributed by atoms with Crippen LogP contribution in [0.1, 0.15) is 27.9 Å². The van der Waals surface area contributed by atoms with Gasteiger partial charge in [-0.2, -0.15) is 0 Å². The number of aromatic carboxylic acids is 1. The molecule has 1 atom stereocenters. The summed E-state index contributed by atoms with van der Waals surface area (Å²) in [6.45, 7) is 2.79. The molecule has 1 amide bonds. The molecule has 0 aliphatic carbocycles. The van der Waals surface area contributed by atoms with Crippen molar-refractivity contribution in [2.45, 2.75) is 19.5 Å². The molecule has 5 heteroatoms. The Balaban J connectivity index is 1.76. The number of carboxylic acids is 1. The van der Waals surface area contributed by atoms with Crippen LogP contribution in [-0.4, -0.2) is 35.0 Å². The molecule has 1 saturated heterocycles. The minimum atomic E-state index is -0.924. The van der Waals surface area contributed by atoms with Gasteiger partial charge in [-0.15, -0.1) is 0 Å². The minimum Gasteiger partial charge on any atom is -0.478 e. The van der Waals surface area contributed by atoms with Gasteiger partial charge in [-0.3, -0.25) is 4.79 Å². The van der Waals surface area contributed by atoms with Crippen molar-refractivity contribution in [3.63, 3.8) is 0 Å². The summed E-state index contributed by atoms with van der Waals surface area (Å²) in [7, 11) is 0. The second kappa shape index (κ2) is 4.66. The zero-order valence-electron chi connectivity index (χ0n) is 10.6. The Hall–Kier alpha value is -1.88. The molecule has 2 aliphatic heterocycles. The van der Waals surface area contributed by atoms with Crippen molar-refractivity contribution in [1.82, 2.24) is 10.2 Å². The standard InChI is InChI=1S/C14H16N2O3/c17-13(10-3-4-15-6-10)16-7-11-2-1-9(14(18)19)5-12(11)8-16/h1-2,5,10,15H,3-4,6-8H2,(H,18,19). The molecule has 0 saturated carbocycles. The summed E-state index contributed by atoms with van der Waals surface area (Å²) in [5.74, 6) is -0.668. The van der Waals surface area contributed by atoms with Crippen LogP contribution in [0.4, 0.5) is 0 Å². The third-order valence-electron chi connectivity index (χ3n) is 3.90. The monoisotopic (exact) mass is 260 g/mol. The fourth-order valence-corrected chi connectivity index (χ4v) is 2.81. The summed E-state index contributed by atoms with van der Waals surface area (Å²) in [4.78, 5) is 25.1. The Kier molecular flexibility index (Phi) is 2.98. The van der Waals surface area contributed by atoms with Crippen LogP contribution in [0.5, 0.6) is 0 Å². The van der Waals surface area contributed by atoms with Gasteiger partial charge in [-0.05, 0) is 36.2 Å². The van der Waals surface area contributed by atoms with E-state index in [9.17, 15) is 9.59 Å². The topological polar surface area (TPSA) is 69.6 Å². The van der Waals surface area contributed by atoms with Crippen molar-refractivity contribution in [3.05, 3.63) is 34.9 Å². The van der Waals surface area contributed by atoms with Gasteiger partial charge >= 0.3 is 5.97 Å². The highest BCUT2D eigenvalue weighted by atomic mass is 16.4. The molecule has 2 heterocycles. The first-order valence-electron chi connectivity index (χ1n) is 6.50. The number of hydrogen-bond donors (Lipinski definition) is 2. The van der Waals surface area contributed by atoms with Gasteiger partial charge < -0.3 is 15.3 Å². The van der Waals surface area contributed by atoms with Crippen molar-refractivity contribution in [1.29, 1.82) is 0 Å². The zero-order valence-corrected chi connectivity index (χ0v) is 10.6. The van der Waals surface area contributed by atoms with E-state index in [0.29, 0.717) is 13.1 Å². The first kappa shape index (κ1) is 12.2. The molecule has 2 aliphatic rings. The number of fused-ring (bicyclic) bond motifs is 1. The van der Waals surface area contributed by atoms with Gasteiger partial charge in [-0.25, -0.2) is 4.79 Å². The number of hydrogen-bond acceptors (Lipinski definition) is 3. The number of carbonyl (C=O) groups excluding carboxylic acids is 1. The summed E-state index contributed by atoms with van der Waals surface area (Å²) in [5, 5.41) is 12.2. The highest BCUT2D eigenvalue weighted by Crippen LogP contribution is 2.26. The molecule has 0 spiro atoms. The van der Waals surface area contributed by atoms with Gasteiger partial charge in [0.05, 0.1) is 11.5 Å². The fourth-order valence-electron chi connectivity index (χ4n) is 2.81. The van der Waals surface area contributed by atoms with E-state index < -0.39 is 5.97 Å². The van der Waals surface area contributed by atoms with Crippen LogP contribution < -0.4 is 5.32 Å². The molecule has 1 aromatic rings. The number of carbonyl (C=O) groups is 2. The number of rotatable bonds is 2. The third kappa shape index (κ3) is 2.21. The normalized spacial score (nSPS) is 21.5. The minimum absolute atomic E-state index is 0.0771.